The van der Waals surface area contributed by atoms with Crippen LogP contribution in [0.2, 0.25) is 0 Å². The fraction of sp³-hybridized carbons (Fsp3) is 0.867. The molecular formula is C15H26O6. The molecule has 0 saturated carbocycles. The van der Waals surface area contributed by atoms with Crippen molar-refractivity contribution in [3.05, 3.63) is 0 Å². The van der Waals surface area contributed by atoms with Crippen molar-refractivity contribution in [1.82, 2.24) is 0 Å². The summed E-state index contributed by atoms with van der Waals surface area (Å²) in [4.78, 5) is 22.1. The molecule has 1 fully saturated rings. The molecule has 3 atom stereocenters. The van der Waals surface area contributed by atoms with Gasteiger partial charge in [-0.3, -0.25) is 9.59 Å². The van der Waals surface area contributed by atoms with Gasteiger partial charge in [-0.25, -0.2) is 0 Å². The smallest absolute Gasteiger partial charge is 0.303 e. The van der Waals surface area contributed by atoms with E-state index in [1.54, 1.807) is 13.8 Å². The van der Waals surface area contributed by atoms with Gasteiger partial charge >= 0.3 is 11.9 Å². The first-order valence-corrected chi connectivity index (χ1v) is 7.25. The molecule has 6 nitrogen and oxygen atoms in total. The summed E-state index contributed by atoms with van der Waals surface area (Å²) >= 11 is 0. The molecule has 0 aromatic carbocycles. The number of esters is 2. The molecule has 0 spiro atoms. The van der Waals surface area contributed by atoms with Gasteiger partial charge in [0, 0.05) is 20.3 Å². The van der Waals surface area contributed by atoms with E-state index in [1.165, 1.54) is 13.8 Å². The normalized spacial score (nSPS) is 27.2. The number of ether oxygens (including phenoxy) is 3. The Morgan fingerprint density at radius 2 is 2.00 bits per heavy atom. The molecule has 0 aliphatic carbocycles. The summed E-state index contributed by atoms with van der Waals surface area (Å²) in [6.45, 7) is 8.09. The third kappa shape index (κ3) is 5.28. The van der Waals surface area contributed by atoms with E-state index in [1.807, 2.05) is 6.92 Å². The number of hydrogen-bond acceptors (Lipinski definition) is 6. The van der Waals surface area contributed by atoms with Crippen LogP contribution in [0.5, 0.6) is 0 Å². The molecule has 0 radical (unpaired) electrons. The van der Waals surface area contributed by atoms with Crippen molar-refractivity contribution in [1.29, 1.82) is 0 Å². The molecule has 1 rings (SSSR count). The minimum Gasteiger partial charge on any atom is -0.466 e. The SMILES string of the molecule is CC(=O)OCC[C@H](OC(C)=O)[C@@]1(C)CC[C@@H](C(C)(C)O)O1. The summed E-state index contributed by atoms with van der Waals surface area (Å²) in [5.41, 5.74) is -1.63. The van der Waals surface area contributed by atoms with Crippen LogP contribution >= 0.6 is 0 Å². The van der Waals surface area contributed by atoms with Gasteiger partial charge in [-0.05, 0) is 33.6 Å². The van der Waals surface area contributed by atoms with Gasteiger partial charge in [-0.15, -0.1) is 0 Å². The number of hydrogen-bond donors (Lipinski definition) is 1. The van der Waals surface area contributed by atoms with Crippen molar-refractivity contribution in [3.8, 4) is 0 Å². The van der Waals surface area contributed by atoms with E-state index in [0.29, 0.717) is 19.3 Å². The van der Waals surface area contributed by atoms with Crippen molar-refractivity contribution >= 4 is 11.9 Å². The van der Waals surface area contributed by atoms with E-state index in [-0.39, 0.29) is 18.7 Å². The van der Waals surface area contributed by atoms with Gasteiger partial charge in [-0.2, -0.15) is 0 Å². The Morgan fingerprint density at radius 1 is 1.38 bits per heavy atom. The zero-order valence-corrected chi connectivity index (χ0v) is 13.5. The van der Waals surface area contributed by atoms with Crippen LogP contribution in [0.3, 0.4) is 0 Å². The van der Waals surface area contributed by atoms with E-state index >= 15 is 0 Å². The quantitative estimate of drug-likeness (QED) is 0.750. The highest BCUT2D eigenvalue weighted by molar-refractivity contribution is 5.66. The predicted molar refractivity (Wildman–Crippen MR) is 75.6 cm³/mol. The first-order valence-electron chi connectivity index (χ1n) is 7.25. The molecule has 1 N–H and O–H groups in total. The van der Waals surface area contributed by atoms with Crippen molar-refractivity contribution in [2.75, 3.05) is 6.61 Å². The monoisotopic (exact) mass is 302 g/mol. The van der Waals surface area contributed by atoms with Crippen LogP contribution in [0.4, 0.5) is 0 Å². The van der Waals surface area contributed by atoms with Crippen LogP contribution in [-0.4, -0.2) is 47.1 Å². The molecule has 0 bridgehead atoms. The molecule has 122 valence electrons. The van der Waals surface area contributed by atoms with Crippen LogP contribution < -0.4 is 0 Å². The highest BCUT2D eigenvalue weighted by Gasteiger charge is 2.48. The van der Waals surface area contributed by atoms with E-state index < -0.39 is 23.3 Å². The lowest BCUT2D eigenvalue weighted by molar-refractivity contribution is -0.182. The molecule has 0 unspecified atom stereocenters. The van der Waals surface area contributed by atoms with Crippen LogP contribution in [0.15, 0.2) is 0 Å². The average Bonchev–Trinajstić information content (AvgIpc) is 2.70. The lowest BCUT2D eigenvalue weighted by Gasteiger charge is -2.35. The minimum absolute atomic E-state index is 0.166. The van der Waals surface area contributed by atoms with Gasteiger partial charge in [0.15, 0.2) is 0 Å². The Balaban J connectivity index is 2.73. The predicted octanol–water partition coefficient (Wildman–Crippen LogP) is 1.58. The van der Waals surface area contributed by atoms with E-state index in [0.717, 1.165) is 0 Å². The molecule has 0 aromatic heterocycles. The molecule has 1 aliphatic heterocycles. The zero-order chi connectivity index (χ0) is 16.3. The second kappa shape index (κ2) is 6.75. The Bertz CT molecular complexity index is 386. The van der Waals surface area contributed by atoms with Crippen LogP contribution in [-0.2, 0) is 23.8 Å². The fourth-order valence-corrected chi connectivity index (χ4v) is 2.59. The zero-order valence-electron chi connectivity index (χ0n) is 13.5. The number of aliphatic hydroxyl groups is 1. The summed E-state index contributed by atoms with van der Waals surface area (Å²) in [7, 11) is 0. The topological polar surface area (TPSA) is 82.1 Å². The Labute approximate surface area is 125 Å². The Hall–Kier alpha value is -1.14. The summed E-state index contributed by atoms with van der Waals surface area (Å²) in [6, 6.07) is 0. The van der Waals surface area contributed by atoms with Gasteiger partial charge in [0.2, 0.25) is 0 Å². The van der Waals surface area contributed by atoms with Gasteiger partial charge in [0.1, 0.15) is 11.7 Å². The Kier molecular flexibility index (Phi) is 5.75. The molecular weight excluding hydrogens is 276 g/mol. The summed E-state index contributed by atoms with van der Waals surface area (Å²) in [5, 5.41) is 10.1. The number of carbonyl (C=O) groups is 2. The fourth-order valence-electron chi connectivity index (χ4n) is 2.59. The van der Waals surface area contributed by atoms with Crippen molar-refractivity contribution in [2.45, 2.75) is 77.3 Å². The second-order valence-corrected chi connectivity index (χ2v) is 6.34. The van der Waals surface area contributed by atoms with E-state index in [4.69, 9.17) is 14.2 Å². The Morgan fingerprint density at radius 3 is 2.43 bits per heavy atom. The van der Waals surface area contributed by atoms with Crippen molar-refractivity contribution in [3.63, 3.8) is 0 Å². The van der Waals surface area contributed by atoms with Gasteiger partial charge < -0.3 is 19.3 Å². The summed E-state index contributed by atoms with van der Waals surface area (Å²) in [5.74, 6) is -0.775. The molecule has 0 amide bonds. The van der Waals surface area contributed by atoms with Gasteiger partial charge in [0.25, 0.3) is 0 Å². The first kappa shape index (κ1) is 17.9. The standard InChI is InChI=1S/C15H26O6/c1-10(16)19-9-7-13(20-11(2)17)15(5)8-6-12(21-15)14(3,4)18/h12-13,18H,6-9H2,1-5H3/t12-,13-,15+/m0/s1. The highest BCUT2D eigenvalue weighted by atomic mass is 16.6. The lowest BCUT2D eigenvalue weighted by atomic mass is 9.91. The maximum absolute atomic E-state index is 11.3. The maximum atomic E-state index is 11.3. The third-order valence-electron chi connectivity index (χ3n) is 3.78. The molecule has 1 saturated heterocycles. The first-order chi connectivity index (χ1) is 9.54. The maximum Gasteiger partial charge on any atom is 0.303 e. The van der Waals surface area contributed by atoms with Crippen molar-refractivity contribution < 1.29 is 28.9 Å². The van der Waals surface area contributed by atoms with Gasteiger partial charge in [0.05, 0.1) is 18.3 Å². The van der Waals surface area contributed by atoms with E-state index in [2.05, 4.69) is 0 Å². The summed E-state index contributed by atoms with van der Waals surface area (Å²) in [6.07, 6.45) is 0.898. The molecule has 1 aliphatic rings. The number of rotatable bonds is 6. The molecule has 0 aromatic rings. The molecule has 6 heteroatoms. The lowest BCUT2D eigenvalue weighted by Crippen LogP contribution is -2.45. The molecule has 21 heavy (non-hydrogen) atoms. The average molecular weight is 302 g/mol. The van der Waals surface area contributed by atoms with Crippen LogP contribution in [0.1, 0.15) is 53.9 Å². The number of carbonyl (C=O) groups excluding carboxylic acids is 2. The highest BCUT2D eigenvalue weighted by Crippen LogP contribution is 2.39. The largest absolute Gasteiger partial charge is 0.466 e. The van der Waals surface area contributed by atoms with E-state index in [9.17, 15) is 14.7 Å². The third-order valence-corrected chi connectivity index (χ3v) is 3.78. The van der Waals surface area contributed by atoms with Crippen molar-refractivity contribution in [2.24, 2.45) is 0 Å². The van der Waals surface area contributed by atoms with Crippen LogP contribution in [0, 0.1) is 0 Å². The minimum atomic E-state index is -0.950. The second-order valence-electron chi connectivity index (χ2n) is 6.34. The molecule has 1 heterocycles. The van der Waals surface area contributed by atoms with Gasteiger partial charge in [-0.1, -0.05) is 0 Å². The van der Waals surface area contributed by atoms with Crippen LogP contribution in [0.25, 0.3) is 0 Å². The summed E-state index contributed by atoms with van der Waals surface area (Å²) < 4.78 is 16.2.